The maximum absolute atomic E-state index is 13.8. The summed E-state index contributed by atoms with van der Waals surface area (Å²) in [6.07, 6.45) is 1.68. The minimum atomic E-state index is -0.237. The molecule has 0 radical (unpaired) electrons. The van der Waals surface area contributed by atoms with E-state index in [4.69, 9.17) is 0 Å². The summed E-state index contributed by atoms with van der Waals surface area (Å²) >= 11 is 0. The van der Waals surface area contributed by atoms with Crippen LogP contribution >= 0.6 is 0 Å². The first-order chi connectivity index (χ1) is 9.15. The first-order valence-corrected chi connectivity index (χ1v) is 6.05. The molecule has 0 aliphatic heterocycles. The maximum atomic E-state index is 13.8. The fourth-order valence-electron chi connectivity index (χ4n) is 2.09. The number of nitrogens with zero attached hydrogens (tertiary/aromatic N) is 1. The van der Waals surface area contributed by atoms with Crippen LogP contribution in [0, 0.1) is 5.82 Å². The molecule has 0 aliphatic rings. The molecule has 0 saturated heterocycles. The first-order valence-electron chi connectivity index (χ1n) is 6.05. The van der Waals surface area contributed by atoms with E-state index in [0.717, 1.165) is 27.9 Å². The highest BCUT2D eigenvalue weighted by atomic mass is 19.1. The van der Waals surface area contributed by atoms with E-state index >= 15 is 0 Å². The molecular weight excluding hydrogens is 239 g/mol. The molecule has 0 bridgehead atoms. The number of fused-ring (bicyclic) bond motifs is 1. The molecule has 94 valence electrons. The van der Waals surface area contributed by atoms with Crippen LogP contribution in [0.4, 0.5) is 4.39 Å². The Morgan fingerprint density at radius 2 is 2.05 bits per heavy atom. The zero-order valence-corrected chi connectivity index (χ0v) is 10.6. The van der Waals surface area contributed by atoms with E-state index < -0.39 is 0 Å². The van der Waals surface area contributed by atoms with Crippen LogP contribution in [-0.4, -0.2) is 9.97 Å². The van der Waals surface area contributed by atoms with Gasteiger partial charge in [-0.05, 0) is 30.7 Å². The van der Waals surface area contributed by atoms with Crippen LogP contribution in [0.1, 0.15) is 12.6 Å². The molecule has 0 amide bonds. The van der Waals surface area contributed by atoms with Gasteiger partial charge in [0.05, 0.1) is 0 Å². The Morgan fingerprint density at radius 1 is 1.26 bits per heavy atom. The van der Waals surface area contributed by atoms with Crippen LogP contribution in [0.25, 0.3) is 27.7 Å². The van der Waals surface area contributed by atoms with Crippen LogP contribution in [0.3, 0.4) is 0 Å². The molecule has 0 spiro atoms. The van der Waals surface area contributed by atoms with Crippen molar-refractivity contribution in [2.75, 3.05) is 0 Å². The third kappa shape index (κ3) is 2.03. The molecule has 0 saturated carbocycles. The molecule has 2 nitrogen and oxygen atoms in total. The van der Waals surface area contributed by atoms with E-state index in [-0.39, 0.29) is 5.82 Å². The van der Waals surface area contributed by atoms with Crippen LogP contribution in [0.15, 0.2) is 49.2 Å². The fraction of sp³-hybridized carbons (Fsp3) is 0.0625. The second kappa shape index (κ2) is 4.35. The monoisotopic (exact) mass is 252 g/mol. The molecule has 1 aromatic carbocycles. The number of rotatable bonds is 2. The SMILES string of the molecule is C=C(C)c1cc2cc(-c3ccccc3F)cnc2[nH]1. The molecule has 3 aromatic rings. The van der Waals surface area contributed by atoms with Crippen LogP contribution in [0.2, 0.25) is 0 Å². The molecule has 19 heavy (non-hydrogen) atoms. The van der Waals surface area contributed by atoms with Gasteiger partial charge in [-0.15, -0.1) is 0 Å². The van der Waals surface area contributed by atoms with E-state index in [1.165, 1.54) is 6.07 Å². The van der Waals surface area contributed by atoms with Gasteiger partial charge in [-0.1, -0.05) is 24.8 Å². The largest absolute Gasteiger partial charge is 0.340 e. The summed E-state index contributed by atoms with van der Waals surface area (Å²) in [6.45, 7) is 5.83. The predicted molar refractivity (Wildman–Crippen MR) is 76.2 cm³/mol. The molecular formula is C16H13FN2. The van der Waals surface area contributed by atoms with Crippen molar-refractivity contribution in [2.24, 2.45) is 0 Å². The van der Waals surface area contributed by atoms with Crippen LogP contribution < -0.4 is 0 Å². The molecule has 2 heterocycles. The van der Waals surface area contributed by atoms with E-state index in [2.05, 4.69) is 16.5 Å². The molecule has 0 aliphatic carbocycles. The normalized spacial score (nSPS) is 10.8. The standard InChI is InChI=1S/C16H13FN2/c1-10(2)15-8-11-7-12(9-18-16(11)19-15)13-5-3-4-6-14(13)17/h3-9H,1H2,2H3,(H,18,19). The van der Waals surface area contributed by atoms with Crippen LogP contribution in [0.5, 0.6) is 0 Å². The maximum Gasteiger partial charge on any atom is 0.137 e. The Kier molecular flexibility index (Phi) is 2.67. The Balaban J connectivity index is 2.16. The van der Waals surface area contributed by atoms with Crippen molar-refractivity contribution in [3.8, 4) is 11.1 Å². The number of halogens is 1. The second-order valence-corrected chi connectivity index (χ2v) is 4.61. The number of allylic oxidation sites excluding steroid dienone is 1. The predicted octanol–water partition coefficient (Wildman–Crippen LogP) is 4.40. The lowest BCUT2D eigenvalue weighted by Gasteiger charge is -2.02. The van der Waals surface area contributed by atoms with Crippen molar-refractivity contribution in [1.82, 2.24) is 9.97 Å². The number of nitrogens with one attached hydrogen (secondary N) is 1. The quantitative estimate of drug-likeness (QED) is 0.719. The smallest absolute Gasteiger partial charge is 0.137 e. The molecule has 3 rings (SSSR count). The van der Waals surface area contributed by atoms with Gasteiger partial charge in [0.1, 0.15) is 11.5 Å². The summed E-state index contributed by atoms with van der Waals surface area (Å²) in [5.41, 5.74) is 4.03. The van der Waals surface area contributed by atoms with Gasteiger partial charge in [-0.25, -0.2) is 9.37 Å². The van der Waals surface area contributed by atoms with Crippen molar-refractivity contribution < 1.29 is 4.39 Å². The third-order valence-electron chi connectivity index (χ3n) is 3.11. The summed E-state index contributed by atoms with van der Waals surface area (Å²) in [7, 11) is 0. The molecule has 0 fully saturated rings. The number of H-pyrrole nitrogens is 1. The average Bonchev–Trinajstić information content (AvgIpc) is 2.82. The summed E-state index contributed by atoms with van der Waals surface area (Å²) in [4.78, 5) is 7.52. The van der Waals surface area contributed by atoms with E-state index in [0.29, 0.717) is 5.56 Å². The summed E-state index contributed by atoms with van der Waals surface area (Å²) < 4.78 is 13.8. The average molecular weight is 252 g/mol. The topological polar surface area (TPSA) is 28.7 Å². The molecule has 2 aromatic heterocycles. The van der Waals surface area contributed by atoms with Crippen LogP contribution in [-0.2, 0) is 0 Å². The number of pyridine rings is 1. The molecule has 0 unspecified atom stereocenters. The Hall–Kier alpha value is -2.42. The van der Waals surface area contributed by atoms with Gasteiger partial charge < -0.3 is 4.98 Å². The Labute approximate surface area is 110 Å². The lowest BCUT2D eigenvalue weighted by atomic mass is 10.1. The highest BCUT2D eigenvalue weighted by Crippen LogP contribution is 2.26. The summed E-state index contributed by atoms with van der Waals surface area (Å²) in [5, 5.41) is 0.957. The van der Waals surface area contributed by atoms with Crippen molar-refractivity contribution in [1.29, 1.82) is 0 Å². The van der Waals surface area contributed by atoms with Crippen molar-refractivity contribution in [2.45, 2.75) is 6.92 Å². The lowest BCUT2D eigenvalue weighted by Crippen LogP contribution is -1.85. The van der Waals surface area contributed by atoms with Crippen molar-refractivity contribution >= 4 is 16.6 Å². The zero-order valence-electron chi connectivity index (χ0n) is 10.6. The van der Waals surface area contributed by atoms with E-state index in [9.17, 15) is 4.39 Å². The fourth-order valence-corrected chi connectivity index (χ4v) is 2.09. The lowest BCUT2D eigenvalue weighted by molar-refractivity contribution is 0.631. The Morgan fingerprint density at radius 3 is 2.79 bits per heavy atom. The molecule has 3 heteroatoms. The number of hydrogen-bond donors (Lipinski definition) is 1. The second-order valence-electron chi connectivity index (χ2n) is 4.61. The number of aromatic amines is 1. The van der Waals surface area contributed by atoms with Gasteiger partial charge >= 0.3 is 0 Å². The van der Waals surface area contributed by atoms with E-state index in [1.807, 2.05) is 25.1 Å². The van der Waals surface area contributed by atoms with Crippen molar-refractivity contribution in [3.63, 3.8) is 0 Å². The van der Waals surface area contributed by atoms with Gasteiger partial charge in [0.2, 0.25) is 0 Å². The third-order valence-corrected chi connectivity index (χ3v) is 3.11. The van der Waals surface area contributed by atoms with Gasteiger partial charge in [-0.3, -0.25) is 0 Å². The highest BCUT2D eigenvalue weighted by Gasteiger charge is 2.07. The minimum absolute atomic E-state index is 0.237. The molecule has 0 atom stereocenters. The van der Waals surface area contributed by atoms with E-state index in [1.54, 1.807) is 18.3 Å². The minimum Gasteiger partial charge on any atom is -0.340 e. The number of aromatic nitrogens is 2. The first kappa shape index (κ1) is 11.7. The Bertz CT molecular complexity index is 771. The number of hydrogen-bond acceptors (Lipinski definition) is 1. The zero-order chi connectivity index (χ0) is 13.4. The van der Waals surface area contributed by atoms with Gasteiger partial charge in [0.25, 0.3) is 0 Å². The molecule has 1 N–H and O–H groups in total. The van der Waals surface area contributed by atoms with Gasteiger partial charge in [0.15, 0.2) is 0 Å². The van der Waals surface area contributed by atoms with Gasteiger partial charge in [0, 0.05) is 28.4 Å². The van der Waals surface area contributed by atoms with Gasteiger partial charge in [-0.2, -0.15) is 0 Å². The highest BCUT2D eigenvalue weighted by molar-refractivity contribution is 5.85. The summed E-state index contributed by atoms with van der Waals surface area (Å²) in [5.74, 6) is -0.237. The van der Waals surface area contributed by atoms with Crippen molar-refractivity contribution in [3.05, 3.63) is 60.7 Å². The summed E-state index contributed by atoms with van der Waals surface area (Å²) in [6, 6.07) is 10.6. The number of benzene rings is 1.